The van der Waals surface area contributed by atoms with Crippen LogP contribution >= 0.6 is 11.8 Å². The van der Waals surface area contributed by atoms with Crippen molar-refractivity contribution in [2.24, 2.45) is 0 Å². The maximum Gasteiger partial charge on any atom is 0.145 e. The van der Waals surface area contributed by atoms with Gasteiger partial charge in [-0.3, -0.25) is 5.10 Å². The molecule has 0 aliphatic heterocycles. The highest BCUT2D eigenvalue weighted by Crippen LogP contribution is 2.43. The zero-order valence-electron chi connectivity index (χ0n) is 10.5. The van der Waals surface area contributed by atoms with Crippen molar-refractivity contribution in [3.05, 3.63) is 18.2 Å². The fourth-order valence-corrected chi connectivity index (χ4v) is 2.57. The summed E-state index contributed by atoms with van der Waals surface area (Å²) >= 11 is 1.59. The first kappa shape index (κ1) is 12.6. The Morgan fingerprint density at radius 3 is 2.39 bits per heavy atom. The van der Waals surface area contributed by atoms with Gasteiger partial charge in [-0.05, 0) is 18.4 Å². The van der Waals surface area contributed by atoms with Crippen LogP contribution in [0.4, 0.5) is 5.82 Å². The summed E-state index contributed by atoms with van der Waals surface area (Å²) in [5, 5.41) is 6.85. The number of thioether (sulfide) groups is 1. The van der Waals surface area contributed by atoms with Crippen LogP contribution in [0, 0.1) is 0 Å². The molecule has 0 aliphatic rings. The molecule has 0 radical (unpaired) electrons. The molecule has 1 aromatic heterocycles. The third kappa shape index (κ3) is 2.11. The molecule has 0 spiro atoms. The first-order chi connectivity index (χ1) is 8.71. The van der Waals surface area contributed by atoms with Gasteiger partial charge in [-0.2, -0.15) is 5.10 Å². The lowest BCUT2D eigenvalue weighted by Crippen LogP contribution is -1.94. The SMILES string of the molecule is COc1ccc(OC)c(-c2cc(N)n[nH]2)c1SC. The Kier molecular flexibility index (Phi) is 3.66. The van der Waals surface area contributed by atoms with Gasteiger partial charge in [0.2, 0.25) is 0 Å². The van der Waals surface area contributed by atoms with Gasteiger partial charge in [0.05, 0.1) is 30.4 Å². The van der Waals surface area contributed by atoms with Gasteiger partial charge in [0.25, 0.3) is 0 Å². The van der Waals surface area contributed by atoms with Crippen LogP contribution in [0.3, 0.4) is 0 Å². The van der Waals surface area contributed by atoms with Gasteiger partial charge in [-0.15, -0.1) is 11.8 Å². The number of H-pyrrole nitrogens is 1. The molecule has 0 aliphatic carbocycles. The molecule has 0 unspecified atom stereocenters. The van der Waals surface area contributed by atoms with Crippen molar-refractivity contribution < 1.29 is 9.47 Å². The smallest absolute Gasteiger partial charge is 0.145 e. The standard InChI is InChI=1S/C12H15N3O2S/c1-16-8-4-5-9(17-2)12(18-3)11(8)7-6-10(13)15-14-7/h4-6H,1-3H3,(H3,13,14,15). The molecule has 2 aromatic rings. The fourth-order valence-electron chi connectivity index (χ4n) is 1.80. The molecule has 2 rings (SSSR count). The van der Waals surface area contributed by atoms with E-state index in [1.807, 2.05) is 18.4 Å². The number of nitrogens with zero attached hydrogens (tertiary/aromatic N) is 1. The van der Waals surface area contributed by atoms with Crippen molar-refractivity contribution in [1.82, 2.24) is 10.2 Å². The molecule has 0 saturated heterocycles. The van der Waals surface area contributed by atoms with Gasteiger partial charge in [-0.25, -0.2) is 0 Å². The number of nitrogens with one attached hydrogen (secondary N) is 1. The molecule has 0 bridgehead atoms. The first-order valence-electron chi connectivity index (χ1n) is 5.31. The van der Waals surface area contributed by atoms with E-state index in [4.69, 9.17) is 15.2 Å². The average molecular weight is 265 g/mol. The molecule has 1 heterocycles. The molecule has 0 fully saturated rings. The summed E-state index contributed by atoms with van der Waals surface area (Å²) in [6.07, 6.45) is 1.99. The van der Waals surface area contributed by atoms with E-state index in [9.17, 15) is 0 Å². The first-order valence-corrected chi connectivity index (χ1v) is 6.54. The summed E-state index contributed by atoms with van der Waals surface area (Å²) in [6.45, 7) is 0. The highest BCUT2D eigenvalue weighted by atomic mass is 32.2. The van der Waals surface area contributed by atoms with E-state index in [0.29, 0.717) is 5.82 Å². The van der Waals surface area contributed by atoms with Crippen LogP contribution in [0.1, 0.15) is 0 Å². The normalized spacial score (nSPS) is 10.4. The summed E-state index contributed by atoms with van der Waals surface area (Å²) in [5.74, 6) is 2.00. The number of benzene rings is 1. The molecular formula is C12H15N3O2S. The van der Waals surface area contributed by atoms with E-state index < -0.39 is 0 Å². The van der Waals surface area contributed by atoms with Crippen LogP contribution in [-0.2, 0) is 0 Å². The Morgan fingerprint density at radius 1 is 1.22 bits per heavy atom. The third-order valence-corrected chi connectivity index (χ3v) is 3.41. The average Bonchev–Trinajstić information content (AvgIpc) is 2.83. The molecule has 3 N–H and O–H groups in total. The number of aromatic nitrogens is 2. The number of nitrogens with two attached hydrogens (primary N) is 1. The summed E-state index contributed by atoms with van der Waals surface area (Å²) < 4.78 is 10.8. The van der Waals surface area contributed by atoms with Crippen LogP contribution in [0.15, 0.2) is 23.1 Å². The van der Waals surface area contributed by atoms with E-state index in [1.54, 1.807) is 32.0 Å². The van der Waals surface area contributed by atoms with E-state index in [1.165, 1.54) is 0 Å². The highest BCUT2D eigenvalue weighted by Gasteiger charge is 2.17. The maximum absolute atomic E-state index is 5.65. The van der Waals surface area contributed by atoms with Crippen molar-refractivity contribution in [3.63, 3.8) is 0 Å². The van der Waals surface area contributed by atoms with Crippen LogP contribution in [0.5, 0.6) is 11.5 Å². The van der Waals surface area contributed by atoms with Crippen molar-refractivity contribution >= 4 is 17.6 Å². The monoisotopic (exact) mass is 265 g/mol. The minimum absolute atomic E-state index is 0.446. The number of ether oxygens (including phenoxy) is 2. The Morgan fingerprint density at radius 2 is 1.89 bits per heavy atom. The van der Waals surface area contributed by atoms with Gasteiger partial charge in [-0.1, -0.05) is 0 Å². The summed E-state index contributed by atoms with van der Waals surface area (Å²) in [4.78, 5) is 0.987. The topological polar surface area (TPSA) is 73.2 Å². The number of nitrogen functional groups attached to an aromatic ring is 1. The molecule has 0 atom stereocenters. The van der Waals surface area contributed by atoms with E-state index in [2.05, 4.69) is 10.2 Å². The van der Waals surface area contributed by atoms with Crippen molar-refractivity contribution in [3.8, 4) is 22.8 Å². The molecule has 18 heavy (non-hydrogen) atoms. The van der Waals surface area contributed by atoms with Crippen LogP contribution in [0.2, 0.25) is 0 Å². The summed E-state index contributed by atoms with van der Waals surface area (Å²) in [7, 11) is 3.28. The number of aromatic amines is 1. The maximum atomic E-state index is 5.65. The van der Waals surface area contributed by atoms with Gasteiger partial charge < -0.3 is 15.2 Å². The molecule has 5 nitrogen and oxygen atoms in total. The van der Waals surface area contributed by atoms with Crippen LogP contribution in [-0.4, -0.2) is 30.7 Å². The molecule has 0 amide bonds. The minimum Gasteiger partial charge on any atom is -0.496 e. The van der Waals surface area contributed by atoms with Crippen molar-refractivity contribution in [2.75, 3.05) is 26.2 Å². The number of rotatable bonds is 4. The zero-order valence-corrected chi connectivity index (χ0v) is 11.3. The van der Waals surface area contributed by atoms with Crippen LogP contribution < -0.4 is 15.2 Å². The van der Waals surface area contributed by atoms with Crippen LogP contribution in [0.25, 0.3) is 11.3 Å². The van der Waals surface area contributed by atoms with Crippen molar-refractivity contribution in [1.29, 1.82) is 0 Å². The van der Waals surface area contributed by atoms with Gasteiger partial charge in [0.15, 0.2) is 0 Å². The zero-order chi connectivity index (χ0) is 13.1. The van der Waals surface area contributed by atoms with Gasteiger partial charge in [0, 0.05) is 6.07 Å². The lowest BCUT2D eigenvalue weighted by molar-refractivity contribution is 0.395. The second kappa shape index (κ2) is 5.22. The largest absolute Gasteiger partial charge is 0.496 e. The second-order valence-electron chi connectivity index (χ2n) is 3.58. The number of anilines is 1. The minimum atomic E-state index is 0.446. The van der Waals surface area contributed by atoms with E-state index in [0.717, 1.165) is 27.7 Å². The number of hydrogen-bond donors (Lipinski definition) is 2. The quantitative estimate of drug-likeness (QED) is 0.830. The Balaban J connectivity index is 2.68. The third-order valence-electron chi connectivity index (χ3n) is 2.59. The fraction of sp³-hybridized carbons (Fsp3) is 0.250. The lowest BCUT2D eigenvalue weighted by Gasteiger charge is -2.14. The van der Waals surface area contributed by atoms with Gasteiger partial charge >= 0.3 is 0 Å². The molecule has 1 aromatic carbocycles. The predicted molar refractivity (Wildman–Crippen MR) is 73.3 cm³/mol. The molecule has 0 saturated carbocycles. The molecular weight excluding hydrogens is 250 g/mol. The summed E-state index contributed by atoms with van der Waals surface area (Å²) in [5.41, 5.74) is 7.37. The summed E-state index contributed by atoms with van der Waals surface area (Å²) in [6, 6.07) is 5.52. The predicted octanol–water partition coefficient (Wildman–Crippen LogP) is 2.40. The highest BCUT2D eigenvalue weighted by molar-refractivity contribution is 7.98. The molecule has 6 heteroatoms. The molecule has 96 valence electrons. The van der Waals surface area contributed by atoms with Gasteiger partial charge in [0.1, 0.15) is 17.3 Å². The van der Waals surface area contributed by atoms with Crippen molar-refractivity contribution in [2.45, 2.75) is 4.90 Å². The van der Waals surface area contributed by atoms with E-state index in [-0.39, 0.29) is 0 Å². The second-order valence-corrected chi connectivity index (χ2v) is 4.40. The Labute approximate surface area is 110 Å². The number of methoxy groups -OCH3 is 2. The van der Waals surface area contributed by atoms with E-state index >= 15 is 0 Å². The Hall–Kier alpha value is -1.82. The lowest BCUT2D eigenvalue weighted by atomic mass is 10.1. The Bertz CT molecular complexity index is 554. The number of hydrogen-bond acceptors (Lipinski definition) is 5.